The number of imidazole rings is 1. The van der Waals surface area contributed by atoms with E-state index < -0.39 is 0 Å². The summed E-state index contributed by atoms with van der Waals surface area (Å²) in [6.45, 7) is 3.56. The Morgan fingerprint density at radius 3 is 2.76 bits per heavy atom. The van der Waals surface area contributed by atoms with E-state index in [-0.39, 0.29) is 5.82 Å². The van der Waals surface area contributed by atoms with Crippen LogP contribution in [0.1, 0.15) is 50.5 Å². The summed E-state index contributed by atoms with van der Waals surface area (Å²) in [5.41, 5.74) is 3.08. The van der Waals surface area contributed by atoms with Gasteiger partial charge in [0.25, 0.3) is 0 Å². The second kappa shape index (κ2) is 9.40. The molecule has 154 valence electrons. The van der Waals surface area contributed by atoms with Gasteiger partial charge in [-0.1, -0.05) is 25.7 Å². The summed E-state index contributed by atoms with van der Waals surface area (Å²) in [6.07, 6.45) is 12.7. The lowest BCUT2D eigenvalue weighted by atomic mass is 10.1. The Morgan fingerprint density at radius 1 is 1.14 bits per heavy atom. The van der Waals surface area contributed by atoms with Gasteiger partial charge in [0.1, 0.15) is 17.2 Å². The van der Waals surface area contributed by atoms with E-state index in [0.717, 1.165) is 24.2 Å². The van der Waals surface area contributed by atoms with Crippen LogP contribution in [0.25, 0.3) is 16.9 Å². The molecule has 0 amide bonds. The number of benzene rings is 1. The zero-order chi connectivity index (χ0) is 20.1. The first-order valence-corrected chi connectivity index (χ1v) is 10.8. The standard InChI is InChI=1S/C24H30FN3O/c1-18-11-13-28-17-23(27-24(28)15-18)21-10-9-20(16-22(21)25)29-14-6-12-26-19-7-4-2-3-5-8-19/h9-11,13,15-17,19,26H,2-8,12,14H2,1H3. The van der Waals surface area contributed by atoms with Crippen molar-refractivity contribution in [3.05, 3.63) is 54.1 Å². The predicted octanol–water partition coefficient (Wildman–Crippen LogP) is 5.53. The Bertz CT molecular complexity index is 944. The molecule has 1 saturated carbocycles. The maximum atomic E-state index is 14.7. The maximum absolute atomic E-state index is 14.7. The minimum Gasteiger partial charge on any atom is -0.493 e. The Morgan fingerprint density at radius 2 is 1.97 bits per heavy atom. The molecule has 0 spiro atoms. The van der Waals surface area contributed by atoms with Crippen LogP contribution in [0.5, 0.6) is 5.75 Å². The van der Waals surface area contributed by atoms with Crippen molar-refractivity contribution in [2.24, 2.45) is 0 Å². The van der Waals surface area contributed by atoms with Crippen molar-refractivity contribution < 1.29 is 9.13 Å². The lowest BCUT2D eigenvalue weighted by Crippen LogP contribution is -2.30. The number of fused-ring (bicyclic) bond motifs is 1. The second-order valence-electron chi connectivity index (χ2n) is 8.08. The molecule has 1 aromatic carbocycles. The highest BCUT2D eigenvalue weighted by Gasteiger charge is 2.12. The van der Waals surface area contributed by atoms with Gasteiger partial charge in [0.05, 0.1) is 12.3 Å². The minimum atomic E-state index is -0.306. The Balaban J connectivity index is 1.30. The summed E-state index contributed by atoms with van der Waals surface area (Å²) in [6, 6.07) is 9.69. The van der Waals surface area contributed by atoms with E-state index in [0.29, 0.717) is 29.7 Å². The van der Waals surface area contributed by atoms with Gasteiger partial charge < -0.3 is 14.5 Å². The van der Waals surface area contributed by atoms with Gasteiger partial charge >= 0.3 is 0 Å². The van der Waals surface area contributed by atoms with E-state index >= 15 is 0 Å². The summed E-state index contributed by atoms with van der Waals surface area (Å²) in [7, 11) is 0. The number of nitrogens with zero attached hydrogens (tertiary/aromatic N) is 2. The van der Waals surface area contributed by atoms with Gasteiger partial charge in [0.2, 0.25) is 0 Å². The van der Waals surface area contributed by atoms with Crippen LogP contribution in [-0.4, -0.2) is 28.6 Å². The van der Waals surface area contributed by atoms with Crippen LogP contribution in [0.15, 0.2) is 42.7 Å². The smallest absolute Gasteiger partial charge is 0.137 e. The number of ether oxygens (including phenoxy) is 1. The van der Waals surface area contributed by atoms with Crippen molar-refractivity contribution in [1.29, 1.82) is 0 Å². The van der Waals surface area contributed by atoms with Gasteiger partial charge in [-0.3, -0.25) is 0 Å². The van der Waals surface area contributed by atoms with Crippen molar-refractivity contribution in [3.8, 4) is 17.0 Å². The van der Waals surface area contributed by atoms with Crippen LogP contribution >= 0.6 is 0 Å². The van der Waals surface area contributed by atoms with Gasteiger partial charge in [-0.05, 0) is 62.6 Å². The van der Waals surface area contributed by atoms with Crippen LogP contribution in [0, 0.1) is 12.7 Å². The molecule has 1 N–H and O–H groups in total. The highest BCUT2D eigenvalue weighted by Crippen LogP contribution is 2.26. The van der Waals surface area contributed by atoms with Crippen LogP contribution in [0.3, 0.4) is 0 Å². The highest BCUT2D eigenvalue weighted by molar-refractivity contribution is 5.64. The zero-order valence-corrected chi connectivity index (χ0v) is 17.2. The molecule has 0 unspecified atom stereocenters. The molecule has 4 rings (SSSR count). The van der Waals surface area contributed by atoms with Crippen molar-refractivity contribution in [3.63, 3.8) is 0 Å². The van der Waals surface area contributed by atoms with Gasteiger partial charge in [0, 0.05) is 30.1 Å². The Hall–Kier alpha value is -2.40. The molecule has 1 aliphatic carbocycles. The first-order chi connectivity index (χ1) is 14.2. The molecule has 2 heterocycles. The normalized spacial score (nSPS) is 15.5. The van der Waals surface area contributed by atoms with Crippen molar-refractivity contribution in [2.75, 3.05) is 13.2 Å². The van der Waals surface area contributed by atoms with Crippen LogP contribution in [-0.2, 0) is 0 Å². The van der Waals surface area contributed by atoms with Crippen LogP contribution in [0.2, 0.25) is 0 Å². The lowest BCUT2D eigenvalue weighted by molar-refractivity contribution is 0.301. The fraction of sp³-hybridized carbons (Fsp3) is 0.458. The Labute approximate surface area is 172 Å². The molecular formula is C24H30FN3O. The summed E-state index contributed by atoms with van der Waals surface area (Å²) < 4.78 is 22.3. The third-order valence-corrected chi connectivity index (χ3v) is 5.71. The van der Waals surface area contributed by atoms with E-state index in [2.05, 4.69) is 10.3 Å². The monoisotopic (exact) mass is 395 g/mol. The number of hydrogen-bond acceptors (Lipinski definition) is 3. The summed E-state index contributed by atoms with van der Waals surface area (Å²) in [4.78, 5) is 4.55. The first-order valence-electron chi connectivity index (χ1n) is 10.8. The lowest BCUT2D eigenvalue weighted by Gasteiger charge is -2.16. The molecule has 0 bridgehead atoms. The van der Waals surface area contributed by atoms with Gasteiger partial charge in [0.15, 0.2) is 0 Å². The van der Waals surface area contributed by atoms with Crippen LogP contribution < -0.4 is 10.1 Å². The molecule has 1 fully saturated rings. The molecule has 5 heteroatoms. The molecule has 2 aromatic heterocycles. The summed E-state index contributed by atoms with van der Waals surface area (Å²) in [5.74, 6) is 0.263. The second-order valence-corrected chi connectivity index (χ2v) is 8.08. The first kappa shape index (κ1) is 19.9. The molecule has 4 nitrogen and oxygen atoms in total. The van der Waals surface area contributed by atoms with E-state index in [9.17, 15) is 4.39 Å². The zero-order valence-electron chi connectivity index (χ0n) is 17.2. The van der Waals surface area contributed by atoms with E-state index in [1.54, 1.807) is 6.07 Å². The molecule has 0 aliphatic heterocycles. The topological polar surface area (TPSA) is 38.6 Å². The van der Waals surface area contributed by atoms with Gasteiger partial charge in [-0.2, -0.15) is 0 Å². The number of pyridine rings is 1. The molecule has 3 aromatic rings. The fourth-order valence-electron chi connectivity index (χ4n) is 4.06. The number of aryl methyl sites for hydroxylation is 1. The quantitative estimate of drug-likeness (QED) is 0.422. The average molecular weight is 396 g/mol. The molecule has 0 radical (unpaired) electrons. The molecular weight excluding hydrogens is 365 g/mol. The minimum absolute atomic E-state index is 0.306. The summed E-state index contributed by atoms with van der Waals surface area (Å²) >= 11 is 0. The van der Waals surface area contributed by atoms with Gasteiger partial charge in [-0.25, -0.2) is 9.37 Å². The van der Waals surface area contributed by atoms with E-state index in [1.165, 1.54) is 44.6 Å². The molecule has 29 heavy (non-hydrogen) atoms. The van der Waals surface area contributed by atoms with Gasteiger partial charge in [-0.15, -0.1) is 0 Å². The number of halogens is 1. The Kier molecular flexibility index (Phi) is 6.45. The number of nitrogens with one attached hydrogen (secondary N) is 1. The number of aromatic nitrogens is 2. The SMILES string of the molecule is Cc1ccn2cc(-c3ccc(OCCCNC4CCCCCC4)cc3F)nc2c1. The third kappa shape index (κ3) is 5.15. The highest BCUT2D eigenvalue weighted by atomic mass is 19.1. The molecule has 0 saturated heterocycles. The largest absolute Gasteiger partial charge is 0.493 e. The fourth-order valence-corrected chi connectivity index (χ4v) is 4.06. The third-order valence-electron chi connectivity index (χ3n) is 5.71. The average Bonchev–Trinajstić information content (AvgIpc) is 2.94. The predicted molar refractivity (Wildman–Crippen MR) is 115 cm³/mol. The summed E-state index contributed by atoms with van der Waals surface area (Å²) in [5, 5.41) is 3.64. The van der Waals surface area contributed by atoms with Crippen molar-refractivity contribution in [1.82, 2.24) is 14.7 Å². The molecule has 0 atom stereocenters. The maximum Gasteiger partial charge on any atom is 0.137 e. The number of hydrogen-bond donors (Lipinski definition) is 1. The number of rotatable bonds is 7. The van der Waals surface area contributed by atoms with Crippen LogP contribution in [0.4, 0.5) is 4.39 Å². The molecule has 1 aliphatic rings. The van der Waals surface area contributed by atoms with Crippen molar-refractivity contribution >= 4 is 5.65 Å². The van der Waals surface area contributed by atoms with E-state index in [1.807, 2.05) is 41.9 Å². The van der Waals surface area contributed by atoms with E-state index in [4.69, 9.17) is 4.74 Å². The van der Waals surface area contributed by atoms with Crippen molar-refractivity contribution in [2.45, 2.75) is 57.9 Å².